The number of thioether (sulfide) groups is 1. The van der Waals surface area contributed by atoms with Gasteiger partial charge in [0.05, 0.1) is 5.69 Å². The third kappa shape index (κ3) is 2.34. The maximum absolute atomic E-state index is 12.8. The fourth-order valence-electron chi connectivity index (χ4n) is 2.11. The summed E-state index contributed by atoms with van der Waals surface area (Å²) in [5.74, 6) is 8.06. The quantitative estimate of drug-likeness (QED) is 0.672. The van der Waals surface area contributed by atoms with Crippen molar-refractivity contribution in [2.75, 3.05) is 5.43 Å². The molecule has 0 unspecified atom stereocenters. The molecule has 1 aromatic carbocycles. The van der Waals surface area contributed by atoms with E-state index in [-0.39, 0.29) is 5.56 Å². The number of halogens is 2. The fourth-order valence-corrected chi connectivity index (χ4v) is 3.15. The van der Waals surface area contributed by atoms with E-state index in [2.05, 4.69) is 15.4 Å². The first-order valence-electron chi connectivity index (χ1n) is 6.01. The first kappa shape index (κ1) is 13.3. The Kier molecular flexibility index (Phi) is 3.54. The van der Waals surface area contributed by atoms with Gasteiger partial charge in [-0.3, -0.25) is 0 Å². The van der Waals surface area contributed by atoms with Gasteiger partial charge in [-0.05, 0) is 6.07 Å². The van der Waals surface area contributed by atoms with Gasteiger partial charge in [0.1, 0.15) is 5.82 Å². The molecule has 0 bridgehead atoms. The van der Waals surface area contributed by atoms with Crippen molar-refractivity contribution in [2.24, 2.45) is 5.84 Å². The van der Waals surface area contributed by atoms with Crippen LogP contribution < -0.4 is 11.3 Å². The van der Waals surface area contributed by atoms with Gasteiger partial charge in [0.25, 0.3) is 6.43 Å². The Balaban J connectivity index is 2.08. The molecule has 1 aliphatic rings. The predicted molar refractivity (Wildman–Crippen MR) is 75.2 cm³/mol. The average Bonchev–Trinajstić information content (AvgIpc) is 2.94. The maximum atomic E-state index is 12.8. The summed E-state index contributed by atoms with van der Waals surface area (Å²) in [4.78, 5) is 8.79. The normalized spacial score (nSPS) is 13.6. The Morgan fingerprint density at radius 2 is 2.10 bits per heavy atom. The molecule has 2 heterocycles. The highest BCUT2D eigenvalue weighted by atomic mass is 32.2. The van der Waals surface area contributed by atoms with Crippen LogP contribution in [0, 0.1) is 0 Å². The van der Waals surface area contributed by atoms with E-state index >= 15 is 0 Å². The van der Waals surface area contributed by atoms with Gasteiger partial charge in [0, 0.05) is 28.2 Å². The number of alkyl halides is 2. The highest BCUT2D eigenvalue weighted by Gasteiger charge is 2.20. The van der Waals surface area contributed by atoms with Gasteiger partial charge < -0.3 is 5.43 Å². The molecule has 0 spiro atoms. The lowest BCUT2D eigenvalue weighted by Crippen LogP contribution is -2.12. The summed E-state index contributed by atoms with van der Waals surface area (Å²) in [6, 6.07) is 6.10. The van der Waals surface area contributed by atoms with E-state index in [1.54, 1.807) is 23.9 Å². The van der Waals surface area contributed by atoms with E-state index in [0.29, 0.717) is 17.2 Å². The van der Waals surface area contributed by atoms with E-state index in [9.17, 15) is 8.78 Å². The second-order valence-corrected chi connectivity index (χ2v) is 5.37. The van der Waals surface area contributed by atoms with Crippen LogP contribution in [-0.2, 0) is 11.5 Å². The van der Waals surface area contributed by atoms with Crippen molar-refractivity contribution in [3.63, 3.8) is 0 Å². The Bertz CT molecular complexity index is 648. The molecule has 1 aromatic heterocycles. The zero-order chi connectivity index (χ0) is 14.1. The van der Waals surface area contributed by atoms with Crippen molar-refractivity contribution in [1.29, 1.82) is 0 Å². The molecular formula is C13H12F2N4S. The number of nitrogens with two attached hydrogens (primary N) is 1. The SMILES string of the molecule is NNc1nc(-c2cccc(C(F)F)c2)nc2c1CSC2. The number of hydrogen-bond acceptors (Lipinski definition) is 5. The van der Waals surface area contributed by atoms with Gasteiger partial charge in [0.15, 0.2) is 5.82 Å². The highest BCUT2D eigenvalue weighted by Crippen LogP contribution is 2.34. The number of rotatable bonds is 3. The number of nitrogens with one attached hydrogen (secondary N) is 1. The lowest BCUT2D eigenvalue weighted by atomic mass is 10.1. The number of nitrogen functional groups attached to an aromatic ring is 1. The number of aromatic nitrogens is 2. The monoisotopic (exact) mass is 294 g/mol. The summed E-state index contributed by atoms with van der Waals surface area (Å²) in [5.41, 5.74) is 5.00. The first-order chi connectivity index (χ1) is 9.69. The van der Waals surface area contributed by atoms with Crippen LogP contribution >= 0.6 is 11.8 Å². The highest BCUT2D eigenvalue weighted by molar-refractivity contribution is 7.98. The molecule has 0 amide bonds. The van der Waals surface area contributed by atoms with Crippen molar-refractivity contribution in [2.45, 2.75) is 17.9 Å². The molecule has 0 saturated carbocycles. The van der Waals surface area contributed by atoms with Crippen molar-refractivity contribution < 1.29 is 8.78 Å². The van der Waals surface area contributed by atoms with Crippen LogP contribution in [0.15, 0.2) is 24.3 Å². The third-order valence-electron chi connectivity index (χ3n) is 3.11. The Morgan fingerprint density at radius 3 is 2.85 bits per heavy atom. The predicted octanol–water partition coefficient (Wildman–Crippen LogP) is 3.11. The molecule has 4 nitrogen and oxygen atoms in total. The fraction of sp³-hybridized carbons (Fsp3) is 0.231. The smallest absolute Gasteiger partial charge is 0.263 e. The molecule has 2 aromatic rings. The van der Waals surface area contributed by atoms with Crippen LogP contribution in [-0.4, -0.2) is 9.97 Å². The molecule has 0 saturated heterocycles. The molecule has 20 heavy (non-hydrogen) atoms. The first-order valence-corrected chi connectivity index (χ1v) is 7.17. The molecular weight excluding hydrogens is 282 g/mol. The molecule has 104 valence electrons. The zero-order valence-electron chi connectivity index (χ0n) is 10.4. The van der Waals surface area contributed by atoms with Crippen LogP contribution in [0.2, 0.25) is 0 Å². The van der Waals surface area contributed by atoms with Gasteiger partial charge >= 0.3 is 0 Å². The van der Waals surface area contributed by atoms with Gasteiger partial charge in [-0.15, -0.1) is 0 Å². The van der Waals surface area contributed by atoms with Crippen LogP contribution in [0.4, 0.5) is 14.6 Å². The second-order valence-electron chi connectivity index (χ2n) is 4.38. The number of benzene rings is 1. The van der Waals surface area contributed by atoms with E-state index in [1.807, 2.05) is 0 Å². The number of fused-ring (bicyclic) bond motifs is 1. The molecule has 0 fully saturated rings. The standard InChI is InChI=1S/C13H12F2N4S/c14-11(15)7-2-1-3-8(4-7)12-17-10-6-20-5-9(10)13(18-12)19-16/h1-4,11H,5-6,16H2,(H,17,18,19). The number of hydrazine groups is 1. The minimum Gasteiger partial charge on any atom is -0.308 e. The maximum Gasteiger partial charge on any atom is 0.263 e. The van der Waals surface area contributed by atoms with Crippen LogP contribution in [0.25, 0.3) is 11.4 Å². The largest absolute Gasteiger partial charge is 0.308 e. The molecule has 1 aliphatic heterocycles. The number of anilines is 1. The minimum absolute atomic E-state index is 0.0387. The van der Waals surface area contributed by atoms with Gasteiger partial charge in [-0.1, -0.05) is 18.2 Å². The number of hydrogen-bond donors (Lipinski definition) is 2. The Labute approximate surface area is 118 Å². The molecule has 7 heteroatoms. The van der Waals surface area contributed by atoms with Gasteiger partial charge in [-0.25, -0.2) is 24.6 Å². The van der Waals surface area contributed by atoms with Crippen LogP contribution in [0.5, 0.6) is 0 Å². The molecule has 0 aliphatic carbocycles. The second kappa shape index (κ2) is 5.34. The lowest BCUT2D eigenvalue weighted by molar-refractivity contribution is 0.151. The summed E-state index contributed by atoms with van der Waals surface area (Å²) in [7, 11) is 0. The van der Waals surface area contributed by atoms with E-state index in [4.69, 9.17) is 5.84 Å². The molecule has 0 atom stereocenters. The van der Waals surface area contributed by atoms with Crippen molar-refractivity contribution in [3.8, 4) is 11.4 Å². The Hall–Kier alpha value is -1.73. The van der Waals surface area contributed by atoms with Gasteiger partial charge in [-0.2, -0.15) is 11.8 Å². The van der Waals surface area contributed by atoms with Gasteiger partial charge in [0.2, 0.25) is 0 Å². The lowest BCUT2D eigenvalue weighted by Gasteiger charge is -2.09. The van der Waals surface area contributed by atoms with E-state index < -0.39 is 6.43 Å². The molecule has 3 N–H and O–H groups in total. The van der Waals surface area contributed by atoms with Crippen LogP contribution in [0.1, 0.15) is 23.2 Å². The topological polar surface area (TPSA) is 63.8 Å². The average molecular weight is 294 g/mol. The molecule has 3 rings (SSSR count). The summed E-state index contributed by atoms with van der Waals surface area (Å²) < 4.78 is 25.5. The minimum atomic E-state index is -2.51. The van der Waals surface area contributed by atoms with E-state index in [1.165, 1.54) is 12.1 Å². The van der Waals surface area contributed by atoms with Crippen molar-refractivity contribution >= 4 is 17.6 Å². The summed E-state index contributed by atoms with van der Waals surface area (Å²) in [5, 5.41) is 0. The third-order valence-corrected chi connectivity index (χ3v) is 4.08. The summed E-state index contributed by atoms with van der Waals surface area (Å²) in [6.07, 6.45) is -2.51. The Morgan fingerprint density at radius 1 is 1.25 bits per heavy atom. The summed E-state index contributed by atoms with van der Waals surface area (Å²) >= 11 is 1.73. The summed E-state index contributed by atoms with van der Waals surface area (Å²) in [6.45, 7) is 0. The van der Waals surface area contributed by atoms with Crippen molar-refractivity contribution in [1.82, 2.24) is 9.97 Å². The van der Waals surface area contributed by atoms with Crippen molar-refractivity contribution in [3.05, 3.63) is 41.1 Å². The van der Waals surface area contributed by atoms with Crippen LogP contribution in [0.3, 0.4) is 0 Å². The molecule has 0 radical (unpaired) electrons. The number of nitrogens with zero attached hydrogens (tertiary/aromatic N) is 2. The van der Waals surface area contributed by atoms with E-state index in [0.717, 1.165) is 22.8 Å². The zero-order valence-corrected chi connectivity index (χ0v) is 11.3.